The van der Waals surface area contributed by atoms with Crippen molar-refractivity contribution in [1.82, 2.24) is 25.4 Å². The molecule has 0 aliphatic carbocycles. The van der Waals surface area contributed by atoms with Crippen molar-refractivity contribution in [2.24, 2.45) is 0 Å². The highest BCUT2D eigenvalue weighted by Gasteiger charge is 2.35. The van der Waals surface area contributed by atoms with Crippen LogP contribution in [0.2, 0.25) is 0 Å². The van der Waals surface area contributed by atoms with Gasteiger partial charge in [-0.25, -0.2) is 4.98 Å². The Morgan fingerprint density at radius 2 is 1.97 bits per heavy atom. The van der Waals surface area contributed by atoms with Crippen molar-refractivity contribution in [3.05, 3.63) is 72.3 Å². The molecule has 1 aliphatic rings. The second-order valence-corrected chi connectivity index (χ2v) is 8.04. The second kappa shape index (κ2) is 8.33. The van der Waals surface area contributed by atoms with E-state index in [-0.39, 0.29) is 1.43 Å². The van der Waals surface area contributed by atoms with Gasteiger partial charge in [-0.15, -0.1) is 0 Å². The molecule has 1 aliphatic heterocycles. The summed E-state index contributed by atoms with van der Waals surface area (Å²) in [6.45, 7) is 3.43. The second-order valence-electron chi connectivity index (χ2n) is 8.04. The van der Waals surface area contributed by atoms with E-state index in [9.17, 15) is 5.26 Å². The molecule has 7 nitrogen and oxygen atoms in total. The Balaban J connectivity index is 0.00000259. The lowest BCUT2D eigenvalue weighted by molar-refractivity contribution is 0.378. The van der Waals surface area contributed by atoms with Crippen LogP contribution in [0.25, 0.3) is 34.0 Å². The maximum atomic E-state index is 9.90. The summed E-state index contributed by atoms with van der Waals surface area (Å²) in [5.74, 6) is 0.565. The highest BCUT2D eigenvalue weighted by molar-refractivity contribution is 5.68. The van der Waals surface area contributed by atoms with E-state index in [1.54, 1.807) is 12.4 Å². The van der Waals surface area contributed by atoms with E-state index in [1.807, 2.05) is 55.5 Å². The number of rotatable bonds is 4. The first-order valence-electron chi connectivity index (χ1n) is 10.6. The smallest absolute Gasteiger partial charge is 0.187 e. The monoisotopic (exact) mass is 424 g/mol. The first-order chi connectivity index (χ1) is 15.7. The molecule has 0 spiro atoms. The van der Waals surface area contributed by atoms with E-state index in [2.05, 4.69) is 26.5 Å². The summed E-state index contributed by atoms with van der Waals surface area (Å²) < 4.78 is 5.61. The van der Waals surface area contributed by atoms with Crippen LogP contribution in [0.15, 0.2) is 65.4 Å². The molecule has 0 saturated carbocycles. The van der Waals surface area contributed by atoms with Crippen LogP contribution in [0.3, 0.4) is 0 Å². The third-order valence-electron chi connectivity index (χ3n) is 5.91. The summed E-state index contributed by atoms with van der Waals surface area (Å²) in [5, 5.41) is 17.4. The van der Waals surface area contributed by atoms with Crippen molar-refractivity contribution in [2.75, 3.05) is 13.1 Å². The van der Waals surface area contributed by atoms with Gasteiger partial charge >= 0.3 is 0 Å². The molecule has 4 heterocycles. The van der Waals surface area contributed by atoms with Crippen molar-refractivity contribution >= 4 is 0 Å². The SMILES string of the molecule is Cc1ncc(-c2ccnc(C3(C#N)CCCNC3)c2)nc1-c1cc(-c2ccccc2)no1.[HH]. The third-order valence-corrected chi connectivity index (χ3v) is 5.91. The Morgan fingerprint density at radius 3 is 2.75 bits per heavy atom. The summed E-state index contributed by atoms with van der Waals surface area (Å²) in [7, 11) is 0. The van der Waals surface area contributed by atoms with Gasteiger partial charge in [-0.2, -0.15) is 5.26 Å². The topological polar surface area (TPSA) is 101 Å². The van der Waals surface area contributed by atoms with E-state index in [0.29, 0.717) is 23.7 Å². The normalized spacial score (nSPS) is 18.2. The van der Waals surface area contributed by atoms with Gasteiger partial charge in [0.2, 0.25) is 0 Å². The molecule has 3 aromatic heterocycles. The molecule has 160 valence electrons. The predicted octanol–water partition coefficient (Wildman–Crippen LogP) is 4.56. The van der Waals surface area contributed by atoms with Crippen LogP contribution in [0, 0.1) is 18.3 Å². The molecule has 0 radical (unpaired) electrons. The fourth-order valence-corrected chi connectivity index (χ4v) is 4.08. The number of aryl methyl sites for hydroxylation is 1. The van der Waals surface area contributed by atoms with Crippen molar-refractivity contribution in [2.45, 2.75) is 25.2 Å². The molecule has 1 unspecified atom stereocenters. The molecule has 1 fully saturated rings. The van der Waals surface area contributed by atoms with Gasteiger partial charge in [0.05, 0.1) is 29.3 Å². The lowest BCUT2D eigenvalue weighted by Gasteiger charge is -2.30. The van der Waals surface area contributed by atoms with Crippen LogP contribution in [-0.4, -0.2) is 33.2 Å². The molecule has 0 bridgehead atoms. The molecule has 1 N–H and O–H groups in total. The van der Waals surface area contributed by atoms with Gasteiger partial charge in [-0.05, 0) is 38.4 Å². The zero-order valence-electron chi connectivity index (χ0n) is 17.7. The lowest BCUT2D eigenvalue weighted by Crippen LogP contribution is -2.42. The van der Waals surface area contributed by atoms with E-state index in [1.165, 1.54) is 0 Å². The Bertz CT molecular complexity index is 1290. The molecule has 32 heavy (non-hydrogen) atoms. The Labute approximate surface area is 187 Å². The number of nitriles is 1. The minimum absolute atomic E-state index is 0. The number of benzene rings is 1. The van der Waals surface area contributed by atoms with Gasteiger partial charge in [-0.3, -0.25) is 9.97 Å². The van der Waals surface area contributed by atoms with Crippen molar-refractivity contribution in [3.8, 4) is 40.0 Å². The summed E-state index contributed by atoms with van der Waals surface area (Å²) in [5.41, 5.74) is 4.83. The number of hydrogen-bond acceptors (Lipinski definition) is 7. The molecule has 4 aromatic rings. The molecule has 1 saturated heterocycles. The van der Waals surface area contributed by atoms with E-state index in [0.717, 1.165) is 47.6 Å². The Kier molecular flexibility index (Phi) is 5.21. The number of pyridine rings is 1. The van der Waals surface area contributed by atoms with Crippen LogP contribution in [0.5, 0.6) is 0 Å². The molecule has 7 heteroatoms. The zero-order chi connectivity index (χ0) is 22.0. The van der Waals surface area contributed by atoms with Gasteiger partial charge in [0.1, 0.15) is 16.8 Å². The maximum absolute atomic E-state index is 9.90. The predicted molar refractivity (Wildman–Crippen MR) is 122 cm³/mol. The van der Waals surface area contributed by atoms with Crippen LogP contribution >= 0.6 is 0 Å². The van der Waals surface area contributed by atoms with Gasteiger partial charge < -0.3 is 9.84 Å². The van der Waals surface area contributed by atoms with Gasteiger partial charge in [0, 0.05) is 31.4 Å². The fraction of sp³-hybridized carbons (Fsp3) is 0.240. The average Bonchev–Trinajstić information content (AvgIpc) is 3.35. The van der Waals surface area contributed by atoms with E-state index < -0.39 is 5.41 Å². The number of nitrogens with one attached hydrogen (secondary N) is 1. The summed E-state index contributed by atoms with van der Waals surface area (Å²) >= 11 is 0. The minimum Gasteiger partial charge on any atom is -0.354 e. The van der Waals surface area contributed by atoms with Gasteiger partial charge in [0.15, 0.2) is 5.76 Å². The van der Waals surface area contributed by atoms with Crippen LogP contribution in [0.4, 0.5) is 0 Å². The van der Waals surface area contributed by atoms with Crippen molar-refractivity contribution in [3.63, 3.8) is 0 Å². The van der Waals surface area contributed by atoms with E-state index >= 15 is 0 Å². The molecular weight excluding hydrogens is 400 g/mol. The van der Waals surface area contributed by atoms with E-state index in [4.69, 9.17) is 9.51 Å². The zero-order valence-corrected chi connectivity index (χ0v) is 17.7. The van der Waals surface area contributed by atoms with Crippen LogP contribution in [0.1, 0.15) is 25.7 Å². The molecule has 0 amide bonds. The quantitative estimate of drug-likeness (QED) is 0.512. The summed E-state index contributed by atoms with van der Waals surface area (Å²) in [6, 6.07) is 18.1. The average molecular weight is 425 g/mol. The Hall–Kier alpha value is -3.89. The number of nitrogens with zero attached hydrogens (tertiary/aromatic N) is 5. The summed E-state index contributed by atoms with van der Waals surface area (Å²) in [4.78, 5) is 13.9. The molecule has 1 atom stereocenters. The Morgan fingerprint density at radius 1 is 1.09 bits per heavy atom. The van der Waals surface area contributed by atoms with Crippen LogP contribution in [-0.2, 0) is 5.41 Å². The first-order valence-corrected chi connectivity index (χ1v) is 10.6. The number of hydrogen-bond donors (Lipinski definition) is 1. The molecule has 5 rings (SSSR count). The van der Waals surface area contributed by atoms with Gasteiger partial charge in [0.25, 0.3) is 0 Å². The molecular formula is C25H24N6O. The van der Waals surface area contributed by atoms with Crippen molar-refractivity contribution < 1.29 is 5.95 Å². The van der Waals surface area contributed by atoms with Crippen molar-refractivity contribution in [1.29, 1.82) is 5.26 Å². The molecule has 1 aromatic carbocycles. The largest absolute Gasteiger partial charge is 0.354 e. The first kappa shape index (κ1) is 20.0. The fourth-order valence-electron chi connectivity index (χ4n) is 4.08. The minimum atomic E-state index is -0.620. The number of piperidine rings is 1. The van der Waals surface area contributed by atoms with Gasteiger partial charge in [-0.1, -0.05) is 35.5 Å². The highest BCUT2D eigenvalue weighted by atomic mass is 16.5. The van der Waals surface area contributed by atoms with Crippen LogP contribution < -0.4 is 5.32 Å². The highest BCUT2D eigenvalue weighted by Crippen LogP contribution is 2.32. The summed E-state index contributed by atoms with van der Waals surface area (Å²) in [6.07, 6.45) is 5.22. The standard InChI is InChI=1S/C25H22N6O.H2/c1-17-24(22-13-20(31-32-22)18-6-3-2-4-7-18)30-21(14-29-17)19-8-11-28-23(12-19)25(15-26)9-5-10-27-16-25;/h2-4,6-8,11-14,27H,5,9-10,16H2,1H3;1H. The third kappa shape index (κ3) is 3.66. The number of aromatic nitrogens is 4. The maximum Gasteiger partial charge on any atom is 0.187 e. The lowest BCUT2D eigenvalue weighted by atomic mass is 9.78.